The summed E-state index contributed by atoms with van der Waals surface area (Å²) in [4.78, 5) is 5.24. The van der Waals surface area contributed by atoms with Crippen LogP contribution in [0.2, 0.25) is 0 Å². The van der Waals surface area contributed by atoms with Gasteiger partial charge < -0.3 is 15.1 Å². The number of nitrogens with zero attached hydrogens (tertiary/aromatic N) is 2. The predicted molar refractivity (Wildman–Crippen MR) is 82.5 cm³/mol. The van der Waals surface area contributed by atoms with E-state index >= 15 is 0 Å². The minimum Gasteiger partial charge on any atom is -0.313 e. The van der Waals surface area contributed by atoms with Gasteiger partial charge in [-0.05, 0) is 64.2 Å². The van der Waals surface area contributed by atoms with Crippen molar-refractivity contribution < 1.29 is 0 Å². The molecule has 2 atom stereocenters. The van der Waals surface area contributed by atoms with Crippen LogP contribution in [0.3, 0.4) is 0 Å². The van der Waals surface area contributed by atoms with Gasteiger partial charge in [0.1, 0.15) is 0 Å². The summed E-state index contributed by atoms with van der Waals surface area (Å²) < 4.78 is 0. The van der Waals surface area contributed by atoms with Gasteiger partial charge in [0, 0.05) is 25.7 Å². The van der Waals surface area contributed by atoms with E-state index in [1.54, 1.807) is 0 Å². The maximum absolute atomic E-state index is 3.74. The first-order chi connectivity index (χ1) is 9.13. The van der Waals surface area contributed by atoms with Gasteiger partial charge in [-0.2, -0.15) is 0 Å². The van der Waals surface area contributed by atoms with Crippen molar-refractivity contribution in [3.63, 3.8) is 0 Å². The molecule has 2 unspecified atom stereocenters. The molecular formula is C16H33N3. The maximum atomic E-state index is 3.74. The highest BCUT2D eigenvalue weighted by Crippen LogP contribution is 2.18. The van der Waals surface area contributed by atoms with E-state index in [2.05, 4.69) is 36.0 Å². The van der Waals surface area contributed by atoms with Crippen LogP contribution < -0.4 is 5.32 Å². The average molecular weight is 267 g/mol. The molecule has 0 spiro atoms. The zero-order chi connectivity index (χ0) is 13.7. The summed E-state index contributed by atoms with van der Waals surface area (Å²) in [5, 5.41) is 3.74. The van der Waals surface area contributed by atoms with Crippen LogP contribution in [0.1, 0.15) is 39.5 Å². The normalized spacial score (nSPS) is 31.6. The Morgan fingerprint density at radius 2 is 2.00 bits per heavy atom. The first-order valence-corrected chi connectivity index (χ1v) is 8.27. The fourth-order valence-electron chi connectivity index (χ4n) is 3.76. The van der Waals surface area contributed by atoms with Crippen molar-refractivity contribution in [1.29, 1.82) is 0 Å². The molecule has 0 bridgehead atoms. The minimum atomic E-state index is 0.712. The average Bonchev–Trinajstić information content (AvgIpc) is 2.53. The topological polar surface area (TPSA) is 18.5 Å². The second-order valence-corrected chi connectivity index (χ2v) is 7.16. The van der Waals surface area contributed by atoms with E-state index in [4.69, 9.17) is 0 Å². The van der Waals surface area contributed by atoms with Gasteiger partial charge in [0.25, 0.3) is 0 Å². The van der Waals surface area contributed by atoms with Crippen molar-refractivity contribution in [3.05, 3.63) is 0 Å². The highest BCUT2D eigenvalue weighted by molar-refractivity contribution is 4.81. The lowest BCUT2D eigenvalue weighted by molar-refractivity contribution is 0.148. The molecule has 0 amide bonds. The highest BCUT2D eigenvalue weighted by atomic mass is 15.2. The molecule has 2 fully saturated rings. The third kappa shape index (κ3) is 5.41. The molecule has 1 N–H and O–H groups in total. The number of piperidine rings is 1. The van der Waals surface area contributed by atoms with Crippen LogP contribution in [-0.4, -0.2) is 62.2 Å². The Kier molecular flexibility index (Phi) is 6.11. The number of hydrogen-bond donors (Lipinski definition) is 1. The first kappa shape index (κ1) is 15.3. The molecule has 19 heavy (non-hydrogen) atoms. The van der Waals surface area contributed by atoms with Gasteiger partial charge in [-0.1, -0.05) is 13.8 Å². The third-order valence-corrected chi connectivity index (χ3v) is 4.56. The van der Waals surface area contributed by atoms with Crippen molar-refractivity contribution in [2.24, 2.45) is 11.8 Å². The quantitative estimate of drug-likeness (QED) is 0.841. The lowest BCUT2D eigenvalue weighted by Gasteiger charge is -2.34. The van der Waals surface area contributed by atoms with Crippen LogP contribution in [0.4, 0.5) is 0 Å². The summed E-state index contributed by atoms with van der Waals surface area (Å²) in [5.74, 6) is 1.70. The Morgan fingerprint density at radius 1 is 1.16 bits per heavy atom. The summed E-state index contributed by atoms with van der Waals surface area (Å²) in [6, 6.07) is 0.712. The predicted octanol–water partition coefficient (Wildman–Crippen LogP) is 2.04. The summed E-state index contributed by atoms with van der Waals surface area (Å²) in [7, 11) is 2.28. The summed E-state index contributed by atoms with van der Waals surface area (Å²) in [6.07, 6.45) is 5.46. The zero-order valence-corrected chi connectivity index (χ0v) is 13.2. The second kappa shape index (κ2) is 7.61. The summed E-state index contributed by atoms with van der Waals surface area (Å²) in [5.41, 5.74) is 0. The molecule has 2 heterocycles. The molecule has 0 aromatic carbocycles. The van der Waals surface area contributed by atoms with Crippen LogP contribution >= 0.6 is 0 Å². The Hall–Kier alpha value is -0.120. The molecular weight excluding hydrogens is 234 g/mol. The van der Waals surface area contributed by atoms with E-state index < -0.39 is 0 Å². The zero-order valence-electron chi connectivity index (χ0n) is 13.2. The molecule has 0 aromatic heterocycles. The molecule has 0 radical (unpaired) electrons. The molecule has 3 heteroatoms. The third-order valence-electron chi connectivity index (χ3n) is 4.56. The molecule has 3 nitrogen and oxygen atoms in total. The first-order valence-electron chi connectivity index (χ1n) is 8.27. The monoisotopic (exact) mass is 267 g/mol. The number of likely N-dealkylation sites (tertiary alicyclic amines) is 1. The van der Waals surface area contributed by atoms with E-state index in [1.165, 1.54) is 65.0 Å². The smallest absolute Gasteiger partial charge is 0.0197 e. The maximum Gasteiger partial charge on any atom is 0.0197 e. The molecule has 2 aliphatic heterocycles. The van der Waals surface area contributed by atoms with Gasteiger partial charge in [0.05, 0.1) is 0 Å². The van der Waals surface area contributed by atoms with E-state index in [-0.39, 0.29) is 0 Å². The van der Waals surface area contributed by atoms with Crippen molar-refractivity contribution >= 4 is 0 Å². The van der Waals surface area contributed by atoms with Gasteiger partial charge >= 0.3 is 0 Å². The lowest BCUT2D eigenvalue weighted by Crippen LogP contribution is -2.43. The Labute approximate surface area is 119 Å². The Bertz CT molecular complexity index is 254. The van der Waals surface area contributed by atoms with Gasteiger partial charge in [-0.3, -0.25) is 0 Å². The van der Waals surface area contributed by atoms with E-state index in [9.17, 15) is 0 Å². The number of nitrogens with one attached hydrogen (secondary N) is 1. The summed E-state index contributed by atoms with van der Waals surface area (Å²) in [6.45, 7) is 12.4. The van der Waals surface area contributed by atoms with E-state index in [0.717, 1.165) is 11.8 Å². The van der Waals surface area contributed by atoms with Crippen LogP contribution in [0.25, 0.3) is 0 Å². The van der Waals surface area contributed by atoms with Crippen molar-refractivity contribution in [3.8, 4) is 0 Å². The fourth-order valence-corrected chi connectivity index (χ4v) is 3.76. The van der Waals surface area contributed by atoms with E-state index in [0.29, 0.717) is 6.04 Å². The SMILES string of the molecule is CC(C)CC1CN(CC2CCCN(C)C2)CCCN1. The van der Waals surface area contributed by atoms with Crippen molar-refractivity contribution in [1.82, 2.24) is 15.1 Å². The molecule has 0 saturated carbocycles. The fraction of sp³-hybridized carbons (Fsp3) is 1.00. The lowest BCUT2D eigenvalue weighted by atomic mass is 9.97. The molecule has 2 saturated heterocycles. The van der Waals surface area contributed by atoms with Crippen LogP contribution in [0.15, 0.2) is 0 Å². The van der Waals surface area contributed by atoms with Crippen LogP contribution in [-0.2, 0) is 0 Å². The van der Waals surface area contributed by atoms with E-state index in [1.807, 2.05) is 0 Å². The second-order valence-electron chi connectivity index (χ2n) is 7.16. The van der Waals surface area contributed by atoms with Crippen molar-refractivity contribution in [2.45, 2.75) is 45.6 Å². The number of rotatable bonds is 4. The Morgan fingerprint density at radius 3 is 2.74 bits per heavy atom. The van der Waals surface area contributed by atoms with Crippen molar-refractivity contribution in [2.75, 3.05) is 46.3 Å². The standard InChI is InChI=1S/C16H33N3/c1-14(2)10-16-13-19(9-5-7-17-16)12-15-6-4-8-18(3)11-15/h14-17H,4-13H2,1-3H3. The molecule has 0 aromatic rings. The molecule has 2 rings (SSSR count). The van der Waals surface area contributed by atoms with Gasteiger partial charge in [0.2, 0.25) is 0 Å². The highest BCUT2D eigenvalue weighted by Gasteiger charge is 2.23. The minimum absolute atomic E-state index is 0.712. The number of hydrogen-bond acceptors (Lipinski definition) is 3. The van der Waals surface area contributed by atoms with Gasteiger partial charge in [-0.15, -0.1) is 0 Å². The van der Waals surface area contributed by atoms with Crippen LogP contribution in [0, 0.1) is 11.8 Å². The van der Waals surface area contributed by atoms with Crippen LogP contribution in [0.5, 0.6) is 0 Å². The van der Waals surface area contributed by atoms with Gasteiger partial charge in [0.15, 0.2) is 0 Å². The molecule has 0 aliphatic carbocycles. The summed E-state index contributed by atoms with van der Waals surface area (Å²) >= 11 is 0. The Balaban J connectivity index is 1.80. The molecule has 112 valence electrons. The largest absolute Gasteiger partial charge is 0.313 e. The van der Waals surface area contributed by atoms with Gasteiger partial charge in [-0.25, -0.2) is 0 Å². The molecule has 2 aliphatic rings.